The van der Waals surface area contributed by atoms with E-state index in [0.29, 0.717) is 18.1 Å². The summed E-state index contributed by atoms with van der Waals surface area (Å²) in [7, 11) is 0. The van der Waals surface area contributed by atoms with Crippen LogP contribution in [-0.2, 0) is 30.5 Å². The number of aryl methyl sites for hydroxylation is 1. The predicted octanol–water partition coefficient (Wildman–Crippen LogP) is 2.04. The van der Waals surface area contributed by atoms with E-state index >= 15 is 0 Å². The summed E-state index contributed by atoms with van der Waals surface area (Å²) in [5.74, 6) is 0.784. The molecule has 128 valence electrons. The summed E-state index contributed by atoms with van der Waals surface area (Å²) in [6, 6.07) is 1.50. The Bertz CT molecular complexity index is 823. The molecule has 0 radical (unpaired) electrons. The van der Waals surface area contributed by atoms with E-state index in [-0.39, 0.29) is 0 Å². The second kappa shape index (κ2) is 6.14. The number of rotatable bonds is 3. The van der Waals surface area contributed by atoms with Crippen LogP contribution in [0.1, 0.15) is 24.2 Å². The smallest absolute Gasteiger partial charge is 0.315 e. The first kappa shape index (κ1) is 16.3. The van der Waals surface area contributed by atoms with Crippen LogP contribution >= 0.6 is 0 Å². The molecule has 0 saturated carbocycles. The first-order valence-corrected chi connectivity index (χ1v) is 7.46. The van der Waals surface area contributed by atoms with Crippen LogP contribution in [-0.4, -0.2) is 20.0 Å². The normalized spacial score (nSPS) is 14.3. The Hall–Kier alpha value is -2.58. The van der Waals surface area contributed by atoms with Gasteiger partial charge in [-0.3, -0.25) is 9.59 Å². The zero-order valence-electron chi connectivity index (χ0n) is 12.6. The fraction of sp³-hybridized carbons (Fsp3) is 0.400. The van der Waals surface area contributed by atoms with Crippen molar-refractivity contribution in [2.75, 3.05) is 5.32 Å². The van der Waals surface area contributed by atoms with Crippen molar-refractivity contribution in [1.82, 2.24) is 14.1 Å². The van der Waals surface area contributed by atoms with E-state index in [1.54, 1.807) is 0 Å². The zero-order valence-corrected chi connectivity index (χ0v) is 12.6. The summed E-state index contributed by atoms with van der Waals surface area (Å²) in [4.78, 5) is 28.0. The standard InChI is InChI=1S/C15H15F3N4O2/c16-15(17,18)10-4-5-14(24)21(8-10)9-13(23)20-12-7-19-11-3-1-2-6-22(11)12/h4-5,7-8H,1-3,6,9H2,(H,20,23). The lowest BCUT2D eigenvalue weighted by Gasteiger charge is -2.16. The van der Waals surface area contributed by atoms with Crippen LogP contribution in [0.5, 0.6) is 0 Å². The number of nitrogens with one attached hydrogen (secondary N) is 1. The van der Waals surface area contributed by atoms with Gasteiger partial charge in [0.1, 0.15) is 18.2 Å². The number of halogens is 3. The summed E-state index contributed by atoms with van der Waals surface area (Å²) in [5, 5.41) is 2.60. The maximum Gasteiger partial charge on any atom is 0.417 e. The molecular formula is C15H15F3N4O2. The van der Waals surface area contributed by atoms with Gasteiger partial charge in [0.25, 0.3) is 5.56 Å². The molecule has 3 heterocycles. The Balaban J connectivity index is 1.76. The minimum Gasteiger partial charge on any atom is -0.315 e. The van der Waals surface area contributed by atoms with Gasteiger partial charge < -0.3 is 14.5 Å². The van der Waals surface area contributed by atoms with E-state index in [4.69, 9.17) is 0 Å². The molecule has 1 aliphatic heterocycles. The molecule has 6 nitrogen and oxygen atoms in total. The number of pyridine rings is 1. The molecule has 1 N–H and O–H groups in total. The summed E-state index contributed by atoms with van der Waals surface area (Å²) >= 11 is 0. The number of hydrogen-bond acceptors (Lipinski definition) is 3. The van der Waals surface area contributed by atoms with Gasteiger partial charge in [0.15, 0.2) is 0 Å². The molecule has 0 aliphatic carbocycles. The van der Waals surface area contributed by atoms with Crippen molar-refractivity contribution in [3.8, 4) is 0 Å². The number of anilines is 1. The third-order valence-electron chi connectivity index (χ3n) is 3.86. The van der Waals surface area contributed by atoms with Crippen LogP contribution in [0.15, 0.2) is 29.3 Å². The molecule has 0 fully saturated rings. The summed E-state index contributed by atoms with van der Waals surface area (Å²) in [6.07, 6.45) is 0.421. The number of imidazole rings is 1. The van der Waals surface area contributed by atoms with E-state index in [2.05, 4.69) is 10.3 Å². The van der Waals surface area contributed by atoms with Crippen molar-refractivity contribution in [1.29, 1.82) is 0 Å². The predicted molar refractivity (Wildman–Crippen MR) is 79.5 cm³/mol. The van der Waals surface area contributed by atoms with Gasteiger partial charge in [0, 0.05) is 25.2 Å². The van der Waals surface area contributed by atoms with Gasteiger partial charge in [-0.2, -0.15) is 13.2 Å². The van der Waals surface area contributed by atoms with Crippen molar-refractivity contribution in [2.24, 2.45) is 0 Å². The second-order valence-electron chi connectivity index (χ2n) is 5.60. The number of aromatic nitrogens is 3. The van der Waals surface area contributed by atoms with Gasteiger partial charge in [-0.25, -0.2) is 4.98 Å². The van der Waals surface area contributed by atoms with Crippen LogP contribution in [0.4, 0.5) is 19.0 Å². The van der Waals surface area contributed by atoms with Crippen LogP contribution in [0.2, 0.25) is 0 Å². The monoisotopic (exact) mass is 340 g/mol. The van der Waals surface area contributed by atoms with Gasteiger partial charge in [0.2, 0.25) is 5.91 Å². The van der Waals surface area contributed by atoms with Crippen LogP contribution < -0.4 is 10.9 Å². The molecule has 3 rings (SSSR count). The molecule has 2 aromatic rings. The molecule has 0 unspecified atom stereocenters. The van der Waals surface area contributed by atoms with E-state index in [1.165, 1.54) is 6.20 Å². The lowest BCUT2D eigenvalue weighted by Crippen LogP contribution is -2.29. The highest BCUT2D eigenvalue weighted by Crippen LogP contribution is 2.28. The largest absolute Gasteiger partial charge is 0.417 e. The van der Waals surface area contributed by atoms with Crippen molar-refractivity contribution < 1.29 is 18.0 Å². The minimum atomic E-state index is -4.57. The molecule has 24 heavy (non-hydrogen) atoms. The van der Waals surface area contributed by atoms with Crippen molar-refractivity contribution in [2.45, 2.75) is 38.5 Å². The molecule has 0 spiro atoms. The van der Waals surface area contributed by atoms with Crippen LogP contribution in [0, 0.1) is 0 Å². The molecule has 1 amide bonds. The topological polar surface area (TPSA) is 68.9 Å². The minimum absolute atomic E-state index is 0.495. The Morgan fingerprint density at radius 1 is 1.29 bits per heavy atom. The third kappa shape index (κ3) is 3.34. The number of nitrogens with zero attached hydrogens (tertiary/aromatic N) is 3. The average Bonchev–Trinajstić information content (AvgIpc) is 2.91. The van der Waals surface area contributed by atoms with Gasteiger partial charge >= 0.3 is 6.18 Å². The Morgan fingerprint density at radius 3 is 2.83 bits per heavy atom. The highest BCUT2D eigenvalue weighted by molar-refractivity contribution is 5.89. The Labute approximate surface area is 134 Å². The van der Waals surface area contributed by atoms with Gasteiger partial charge in [-0.15, -0.1) is 0 Å². The first-order chi connectivity index (χ1) is 11.3. The number of alkyl halides is 3. The third-order valence-corrected chi connectivity index (χ3v) is 3.86. The summed E-state index contributed by atoms with van der Waals surface area (Å²) < 4.78 is 40.7. The molecule has 0 atom stereocenters. The Kier molecular flexibility index (Phi) is 4.16. The zero-order chi connectivity index (χ0) is 17.3. The molecule has 1 aliphatic rings. The number of carbonyl (C=O) groups excluding carboxylic acids is 1. The lowest BCUT2D eigenvalue weighted by molar-refractivity contribution is -0.138. The van der Waals surface area contributed by atoms with Crippen molar-refractivity contribution in [3.05, 3.63) is 46.3 Å². The number of hydrogen-bond donors (Lipinski definition) is 1. The molecule has 9 heteroatoms. The van der Waals surface area contributed by atoms with Gasteiger partial charge in [0.05, 0.1) is 11.8 Å². The average molecular weight is 340 g/mol. The molecule has 2 aromatic heterocycles. The maximum absolute atomic E-state index is 12.7. The van der Waals surface area contributed by atoms with Crippen LogP contribution in [0.25, 0.3) is 0 Å². The van der Waals surface area contributed by atoms with Gasteiger partial charge in [-0.05, 0) is 18.9 Å². The summed E-state index contributed by atoms with van der Waals surface area (Å²) in [5.41, 5.74) is -1.65. The molecule has 0 bridgehead atoms. The van der Waals surface area contributed by atoms with E-state index in [9.17, 15) is 22.8 Å². The fourth-order valence-electron chi connectivity index (χ4n) is 2.68. The van der Waals surface area contributed by atoms with Crippen molar-refractivity contribution in [3.63, 3.8) is 0 Å². The van der Waals surface area contributed by atoms with E-state index < -0.39 is 29.8 Å². The number of amides is 1. The molecule has 0 aromatic carbocycles. The highest BCUT2D eigenvalue weighted by atomic mass is 19.4. The number of fused-ring (bicyclic) bond motifs is 1. The SMILES string of the molecule is O=C(Cn1cc(C(F)(F)F)ccc1=O)Nc1cnc2n1CCCC2. The Morgan fingerprint density at radius 2 is 2.08 bits per heavy atom. The lowest BCUT2D eigenvalue weighted by atomic mass is 10.2. The van der Waals surface area contributed by atoms with E-state index in [0.717, 1.165) is 42.3 Å². The molecule has 0 saturated heterocycles. The summed E-state index contributed by atoms with van der Waals surface area (Å²) in [6.45, 7) is 0.234. The second-order valence-corrected chi connectivity index (χ2v) is 5.60. The number of carbonyl (C=O) groups is 1. The van der Waals surface area contributed by atoms with E-state index in [1.807, 2.05) is 4.57 Å². The van der Waals surface area contributed by atoms with Crippen molar-refractivity contribution >= 4 is 11.7 Å². The first-order valence-electron chi connectivity index (χ1n) is 7.46. The van der Waals surface area contributed by atoms with Crippen LogP contribution in [0.3, 0.4) is 0 Å². The molecular weight excluding hydrogens is 325 g/mol. The maximum atomic E-state index is 12.7. The quantitative estimate of drug-likeness (QED) is 0.930. The van der Waals surface area contributed by atoms with Gasteiger partial charge in [-0.1, -0.05) is 0 Å². The fourth-order valence-corrected chi connectivity index (χ4v) is 2.68. The highest BCUT2D eigenvalue weighted by Gasteiger charge is 2.31.